The molecule has 0 fully saturated rings. The molecule has 0 spiro atoms. The molecule has 4 nitrogen and oxygen atoms in total. The molecule has 0 bridgehead atoms. The molecule has 0 radical (unpaired) electrons. The molecule has 0 aliphatic carbocycles. The van der Waals surface area contributed by atoms with Gasteiger partial charge in [0.2, 0.25) is 0 Å². The molecule has 0 amide bonds. The van der Waals surface area contributed by atoms with Crippen molar-refractivity contribution in [2.75, 3.05) is 0 Å². The number of hydrogen-bond acceptors (Lipinski definition) is 3. The van der Waals surface area contributed by atoms with Crippen molar-refractivity contribution >= 4 is 0 Å². The topological polar surface area (TPSA) is 55.9 Å². The summed E-state index contributed by atoms with van der Waals surface area (Å²) in [6.07, 6.45) is 4.71. The zero-order valence-corrected chi connectivity index (χ0v) is 11.1. The van der Waals surface area contributed by atoms with Gasteiger partial charge in [0.1, 0.15) is 0 Å². The fourth-order valence-electron chi connectivity index (χ4n) is 2.06. The van der Waals surface area contributed by atoms with Gasteiger partial charge in [-0.3, -0.25) is 16.0 Å². The molecule has 2 rings (SSSR count). The molecule has 0 saturated heterocycles. The van der Waals surface area contributed by atoms with Crippen LogP contribution in [0.15, 0.2) is 30.6 Å². The third kappa shape index (κ3) is 2.78. The van der Waals surface area contributed by atoms with E-state index in [0.717, 1.165) is 12.0 Å². The van der Waals surface area contributed by atoms with E-state index >= 15 is 0 Å². The molecule has 1 aromatic carbocycles. The average molecular weight is 244 g/mol. The maximum atomic E-state index is 5.64. The lowest BCUT2D eigenvalue weighted by Crippen LogP contribution is -2.29. The molecular weight excluding hydrogens is 224 g/mol. The predicted octanol–water partition coefficient (Wildman–Crippen LogP) is 1.78. The summed E-state index contributed by atoms with van der Waals surface area (Å²) in [5, 5.41) is 4.18. The van der Waals surface area contributed by atoms with Gasteiger partial charge in [0, 0.05) is 18.8 Å². The number of hydrogen-bond donors (Lipinski definition) is 2. The molecule has 0 aliphatic rings. The number of nitrogens with two attached hydrogens (primary N) is 1. The van der Waals surface area contributed by atoms with Gasteiger partial charge in [-0.1, -0.05) is 18.2 Å². The predicted molar refractivity (Wildman–Crippen MR) is 72.9 cm³/mol. The molecule has 18 heavy (non-hydrogen) atoms. The third-order valence-corrected chi connectivity index (χ3v) is 3.34. The Morgan fingerprint density at radius 3 is 2.67 bits per heavy atom. The molecule has 3 N–H and O–H groups in total. The van der Waals surface area contributed by atoms with E-state index in [1.54, 1.807) is 4.68 Å². The molecule has 0 saturated carbocycles. The maximum Gasteiger partial charge on any atom is 0.0538 e. The van der Waals surface area contributed by atoms with Gasteiger partial charge in [0.15, 0.2) is 0 Å². The molecule has 1 aromatic heterocycles. The Balaban J connectivity index is 2.17. The lowest BCUT2D eigenvalue weighted by Gasteiger charge is -2.15. The summed E-state index contributed by atoms with van der Waals surface area (Å²) in [7, 11) is 1.91. The Kier molecular flexibility index (Phi) is 3.79. The van der Waals surface area contributed by atoms with Crippen LogP contribution in [0.4, 0.5) is 0 Å². The highest BCUT2D eigenvalue weighted by Gasteiger charge is 2.12. The van der Waals surface area contributed by atoms with Gasteiger partial charge in [-0.2, -0.15) is 5.10 Å². The minimum Gasteiger partial charge on any atom is -0.275 e. The Morgan fingerprint density at radius 2 is 2.11 bits per heavy atom. The van der Waals surface area contributed by atoms with Crippen molar-refractivity contribution in [2.45, 2.75) is 26.3 Å². The lowest BCUT2D eigenvalue weighted by molar-refractivity contribution is 0.551. The first-order valence-corrected chi connectivity index (χ1v) is 6.11. The Labute approximate surface area is 108 Å². The van der Waals surface area contributed by atoms with Crippen LogP contribution >= 0.6 is 0 Å². The summed E-state index contributed by atoms with van der Waals surface area (Å²) < 4.78 is 1.79. The van der Waals surface area contributed by atoms with Crippen LogP contribution in [0.5, 0.6) is 0 Å². The minimum absolute atomic E-state index is 0.0980. The van der Waals surface area contributed by atoms with Crippen molar-refractivity contribution in [1.29, 1.82) is 0 Å². The molecular formula is C14H20N4. The molecule has 1 heterocycles. The fourth-order valence-corrected chi connectivity index (χ4v) is 2.06. The van der Waals surface area contributed by atoms with Gasteiger partial charge >= 0.3 is 0 Å². The largest absolute Gasteiger partial charge is 0.275 e. The molecule has 0 aliphatic heterocycles. The second-order valence-corrected chi connectivity index (χ2v) is 4.79. The summed E-state index contributed by atoms with van der Waals surface area (Å²) in [6.45, 7) is 4.26. The maximum absolute atomic E-state index is 5.64. The van der Waals surface area contributed by atoms with Gasteiger partial charge in [-0.15, -0.1) is 0 Å². The average Bonchev–Trinajstić information content (AvgIpc) is 2.77. The van der Waals surface area contributed by atoms with Crippen LogP contribution in [0.25, 0.3) is 0 Å². The number of hydrazine groups is 1. The number of aryl methyl sites for hydroxylation is 3. The summed E-state index contributed by atoms with van der Waals surface area (Å²) in [4.78, 5) is 0. The molecule has 4 heteroatoms. The van der Waals surface area contributed by atoms with E-state index in [2.05, 4.69) is 42.6 Å². The van der Waals surface area contributed by atoms with E-state index in [9.17, 15) is 0 Å². The highest BCUT2D eigenvalue weighted by Crippen LogP contribution is 2.19. The SMILES string of the molecule is Cc1ccc(CC(NN)c2cnn(C)c2)cc1C. The third-order valence-electron chi connectivity index (χ3n) is 3.34. The second-order valence-electron chi connectivity index (χ2n) is 4.79. The molecule has 1 unspecified atom stereocenters. The molecule has 1 atom stereocenters. The van der Waals surface area contributed by atoms with Crippen molar-refractivity contribution in [2.24, 2.45) is 12.9 Å². The number of rotatable bonds is 4. The first-order chi connectivity index (χ1) is 8.60. The van der Waals surface area contributed by atoms with Crippen LogP contribution in [-0.2, 0) is 13.5 Å². The van der Waals surface area contributed by atoms with Crippen molar-refractivity contribution in [3.63, 3.8) is 0 Å². The Morgan fingerprint density at radius 1 is 1.33 bits per heavy atom. The van der Waals surface area contributed by atoms with Gasteiger partial charge in [0.05, 0.1) is 12.2 Å². The van der Waals surface area contributed by atoms with Crippen molar-refractivity contribution in [3.8, 4) is 0 Å². The fraction of sp³-hybridized carbons (Fsp3) is 0.357. The number of aromatic nitrogens is 2. The van der Waals surface area contributed by atoms with Crippen LogP contribution in [-0.4, -0.2) is 9.78 Å². The van der Waals surface area contributed by atoms with Gasteiger partial charge < -0.3 is 0 Å². The Hall–Kier alpha value is -1.65. The highest BCUT2D eigenvalue weighted by atomic mass is 15.3. The van der Waals surface area contributed by atoms with E-state index < -0.39 is 0 Å². The smallest absolute Gasteiger partial charge is 0.0538 e. The van der Waals surface area contributed by atoms with Crippen molar-refractivity contribution in [3.05, 3.63) is 52.8 Å². The zero-order valence-electron chi connectivity index (χ0n) is 11.1. The van der Waals surface area contributed by atoms with Crippen LogP contribution in [0, 0.1) is 13.8 Å². The quantitative estimate of drug-likeness (QED) is 0.637. The monoisotopic (exact) mass is 244 g/mol. The van der Waals surface area contributed by atoms with E-state index in [-0.39, 0.29) is 6.04 Å². The standard InChI is InChI=1S/C14H20N4/c1-10-4-5-12(6-11(10)2)7-14(17-15)13-8-16-18(3)9-13/h4-6,8-9,14,17H,7,15H2,1-3H3. The summed E-state index contributed by atoms with van der Waals surface area (Å²) in [5.74, 6) is 5.64. The van der Waals surface area contributed by atoms with E-state index in [0.29, 0.717) is 0 Å². The zero-order chi connectivity index (χ0) is 13.1. The lowest BCUT2D eigenvalue weighted by atomic mass is 9.98. The van der Waals surface area contributed by atoms with Crippen LogP contribution in [0.2, 0.25) is 0 Å². The van der Waals surface area contributed by atoms with Gasteiger partial charge in [0.25, 0.3) is 0 Å². The van der Waals surface area contributed by atoms with Gasteiger partial charge in [-0.25, -0.2) is 0 Å². The minimum atomic E-state index is 0.0980. The van der Waals surface area contributed by atoms with Crippen LogP contribution < -0.4 is 11.3 Å². The van der Waals surface area contributed by atoms with E-state index in [1.165, 1.54) is 16.7 Å². The molecule has 2 aromatic rings. The summed E-state index contributed by atoms with van der Waals surface area (Å²) in [5.41, 5.74) is 7.88. The molecule has 96 valence electrons. The van der Waals surface area contributed by atoms with Crippen LogP contribution in [0.1, 0.15) is 28.3 Å². The first-order valence-electron chi connectivity index (χ1n) is 6.11. The van der Waals surface area contributed by atoms with Crippen LogP contribution in [0.3, 0.4) is 0 Å². The Bertz CT molecular complexity index is 530. The normalized spacial score (nSPS) is 12.7. The second kappa shape index (κ2) is 5.33. The highest BCUT2D eigenvalue weighted by molar-refractivity contribution is 5.31. The van der Waals surface area contributed by atoms with Gasteiger partial charge in [-0.05, 0) is 37.0 Å². The number of nitrogens with zero attached hydrogens (tertiary/aromatic N) is 2. The first kappa shape index (κ1) is 12.8. The van der Waals surface area contributed by atoms with E-state index in [4.69, 9.17) is 5.84 Å². The van der Waals surface area contributed by atoms with E-state index in [1.807, 2.05) is 19.4 Å². The summed E-state index contributed by atoms with van der Waals surface area (Å²) in [6, 6.07) is 6.63. The summed E-state index contributed by atoms with van der Waals surface area (Å²) >= 11 is 0. The number of benzene rings is 1. The number of nitrogens with one attached hydrogen (secondary N) is 1. The van der Waals surface area contributed by atoms with Crippen molar-refractivity contribution in [1.82, 2.24) is 15.2 Å². The van der Waals surface area contributed by atoms with Crippen molar-refractivity contribution < 1.29 is 0 Å².